The predicted molar refractivity (Wildman–Crippen MR) is 160 cm³/mol. The molecule has 0 spiro atoms. The average Bonchev–Trinajstić information content (AvgIpc) is 3.38. The molecule has 1 aliphatic carbocycles. The molecular weight excluding hydrogens is 628 g/mol. The van der Waals surface area contributed by atoms with Crippen LogP contribution in [0.3, 0.4) is 0 Å². The molecule has 1 aromatic heterocycles. The van der Waals surface area contributed by atoms with Gasteiger partial charge in [0, 0.05) is 54.4 Å². The third-order valence-electron chi connectivity index (χ3n) is 7.97. The smallest absolute Gasteiger partial charge is 0.251 e. The van der Waals surface area contributed by atoms with Crippen molar-refractivity contribution >= 4 is 50.7 Å². The van der Waals surface area contributed by atoms with Crippen molar-refractivity contribution in [3.8, 4) is 6.07 Å². The number of halogens is 3. The van der Waals surface area contributed by atoms with Crippen LogP contribution in [0.5, 0.6) is 0 Å². The fraction of sp³-hybridized carbons (Fsp3) is 0.355. The molecule has 5 rings (SSSR count). The number of Topliss-reactive ketones (excluding diaryl/α,β-unsaturated/α-hetero) is 1. The van der Waals surface area contributed by atoms with E-state index < -0.39 is 45.4 Å². The second-order valence-corrected chi connectivity index (χ2v) is 13.6. The van der Waals surface area contributed by atoms with Gasteiger partial charge in [-0.3, -0.25) is 24.2 Å². The lowest BCUT2D eigenvalue weighted by Gasteiger charge is -2.37. The Morgan fingerprint density at radius 2 is 1.91 bits per heavy atom. The first-order valence-electron chi connectivity index (χ1n) is 14.1. The summed E-state index contributed by atoms with van der Waals surface area (Å²) < 4.78 is 52.1. The number of hydrogen-bond acceptors (Lipinski definition) is 8. The topological polar surface area (TPSA) is 141 Å². The number of carbonyl (C=O) groups excluding carboxylic acids is 3. The maximum atomic E-state index is 14.7. The SMILES string of the molecule is CS(=O)(=O)c1cccc(N(C(=O)[C@@H]2CCC(=O)N2c2nccc(C#N)n2)C(C(=O)CCC2CC(F)(F)C2)c2ccccc2Cl)c1. The summed E-state index contributed by atoms with van der Waals surface area (Å²) >= 11 is 6.58. The van der Waals surface area contributed by atoms with Crippen molar-refractivity contribution in [1.82, 2.24) is 9.97 Å². The first-order chi connectivity index (χ1) is 21.3. The van der Waals surface area contributed by atoms with Gasteiger partial charge in [-0.1, -0.05) is 35.9 Å². The second-order valence-electron chi connectivity index (χ2n) is 11.2. The Bertz CT molecular complexity index is 1810. The Balaban J connectivity index is 1.63. The molecule has 2 heterocycles. The Morgan fingerprint density at radius 3 is 2.58 bits per heavy atom. The normalized spacial score (nSPS) is 18.6. The van der Waals surface area contributed by atoms with Crippen LogP contribution in [0.2, 0.25) is 5.02 Å². The molecule has 1 unspecified atom stereocenters. The number of anilines is 2. The zero-order valence-electron chi connectivity index (χ0n) is 24.1. The van der Waals surface area contributed by atoms with E-state index in [1.807, 2.05) is 6.07 Å². The molecule has 234 valence electrons. The molecule has 1 saturated carbocycles. The van der Waals surface area contributed by atoms with Crippen molar-refractivity contribution in [1.29, 1.82) is 5.26 Å². The highest BCUT2D eigenvalue weighted by Gasteiger charge is 2.47. The molecule has 2 fully saturated rings. The number of hydrogen-bond donors (Lipinski definition) is 0. The third-order valence-corrected chi connectivity index (χ3v) is 9.42. The Labute approximate surface area is 263 Å². The molecule has 2 aromatic carbocycles. The summed E-state index contributed by atoms with van der Waals surface area (Å²) in [7, 11) is -3.76. The predicted octanol–water partition coefficient (Wildman–Crippen LogP) is 5.07. The van der Waals surface area contributed by atoms with E-state index in [0.29, 0.717) is 0 Å². The van der Waals surface area contributed by atoms with Crippen LogP contribution < -0.4 is 9.80 Å². The second kappa shape index (κ2) is 12.6. The van der Waals surface area contributed by atoms with Gasteiger partial charge in [0.2, 0.25) is 17.8 Å². The summed E-state index contributed by atoms with van der Waals surface area (Å²) in [5.74, 6) is -5.05. The number of nitriles is 1. The number of carbonyl (C=O) groups is 3. The van der Waals surface area contributed by atoms with E-state index in [0.717, 1.165) is 16.1 Å². The van der Waals surface area contributed by atoms with Crippen LogP contribution >= 0.6 is 11.6 Å². The number of alkyl halides is 2. The Hall–Kier alpha value is -4.28. The number of nitrogens with zero attached hydrogens (tertiary/aromatic N) is 5. The van der Waals surface area contributed by atoms with E-state index in [-0.39, 0.29) is 77.3 Å². The van der Waals surface area contributed by atoms with E-state index in [1.54, 1.807) is 18.2 Å². The molecular formula is C31H28ClF2N5O5S. The minimum atomic E-state index is -3.76. The molecule has 0 bridgehead atoms. The first kappa shape index (κ1) is 32.1. The van der Waals surface area contributed by atoms with Crippen molar-refractivity contribution in [3.05, 3.63) is 77.1 Å². The van der Waals surface area contributed by atoms with Crippen LogP contribution in [0, 0.1) is 17.2 Å². The first-order valence-corrected chi connectivity index (χ1v) is 16.4. The number of rotatable bonds is 10. The zero-order chi connectivity index (χ0) is 32.5. The number of ketones is 1. The van der Waals surface area contributed by atoms with Crippen molar-refractivity contribution < 1.29 is 31.6 Å². The number of sulfone groups is 1. The van der Waals surface area contributed by atoms with Gasteiger partial charge in [0.25, 0.3) is 5.91 Å². The molecule has 2 aliphatic rings. The fourth-order valence-corrected chi connectivity index (χ4v) is 6.65. The van der Waals surface area contributed by atoms with Gasteiger partial charge < -0.3 is 0 Å². The Morgan fingerprint density at radius 1 is 1.18 bits per heavy atom. The standard InChI is InChI=1S/C31H28ClF2N5O5S/c1-45(43,44)22-6-4-5-21(15-22)38(29(42)25-10-12-27(41)39(25)30-36-14-13-20(18-35)37-30)28(23-7-2-3-8-24(23)32)26(40)11-9-19-16-31(33,34)17-19/h2-8,13-15,19,25,28H,9-12,16-17H2,1H3/t25-,28?/m0/s1. The number of aromatic nitrogens is 2. The maximum Gasteiger partial charge on any atom is 0.251 e. The summed E-state index contributed by atoms with van der Waals surface area (Å²) in [4.78, 5) is 52.2. The number of benzene rings is 2. The lowest BCUT2D eigenvalue weighted by Crippen LogP contribution is -2.50. The van der Waals surface area contributed by atoms with Crippen molar-refractivity contribution in [3.63, 3.8) is 0 Å². The highest BCUT2D eigenvalue weighted by molar-refractivity contribution is 7.90. The van der Waals surface area contributed by atoms with Crippen LogP contribution in [-0.2, 0) is 24.2 Å². The van der Waals surface area contributed by atoms with Gasteiger partial charge in [0.1, 0.15) is 23.8 Å². The lowest BCUT2D eigenvalue weighted by atomic mass is 9.77. The van der Waals surface area contributed by atoms with Crippen LogP contribution in [0.1, 0.15) is 55.8 Å². The molecule has 45 heavy (non-hydrogen) atoms. The van der Waals surface area contributed by atoms with Crippen molar-refractivity contribution in [2.45, 2.75) is 61.4 Å². The molecule has 1 saturated heterocycles. The van der Waals surface area contributed by atoms with E-state index in [4.69, 9.17) is 11.6 Å². The average molecular weight is 656 g/mol. The molecule has 1 aliphatic heterocycles. The minimum Gasteiger partial charge on any atom is -0.297 e. The molecule has 0 radical (unpaired) electrons. The van der Waals surface area contributed by atoms with Gasteiger partial charge in [-0.25, -0.2) is 27.2 Å². The molecule has 0 N–H and O–H groups in total. The lowest BCUT2D eigenvalue weighted by molar-refractivity contribution is -0.129. The fourth-order valence-electron chi connectivity index (χ4n) is 5.75. The Kier molecular flexibility index (Phi) is 9.00. The van der Waals surface area contributed by atoms with E-state index in [2.05, 4.69) is 9.97 Å². The quantitative estimate of drug-likeness (QED) is 0.295. The highest BCUT2D eigenvalue weighted by atomic mass is 35.5. The summed E-state index contributed by atoms with van der Waals surface area (Å²) in [6.07, 6.45) is 1.56. The van der Waals surface area contributed by atoms with Gasteiger partial charge in [-0.15, -0.1) is 0 Å². The molecule has 10 nitrogen and oxygen atoms in total. The summed E-state index contributed by atoms with van der Waals surface area (Å²) in [5.41, 5.74) is 0.247. The molecule has 2 amide bonds. The summed E-state index contributed by atoms with van der Waals surface area (Å²) in [6.45, 7) is 0. The third kappa shape index (κ3) is 6.87. The van der Waals surface area contributed by atoms with Gasteiger partial charge in [-0.05, 0) is 49.1 Å². The summed E-state index contributed by atoms with van der Waals surface area (Å²) in [6, 6.07) is 12.4. The van der Waals surface area contributed by atoms with Crippen molar-refractivity contribution in [2.24, 2.45) is 5.92 Å². The minimum absolute atomic E-state index is 0.0145. The number of amides is 2. The van der Waals surface area contributed by atoms with Gasteiger partial charge in [-0.2, -0.15) is 5.26 Å². The monoisotopic (exact) mass is 655 g/mol. The largest absolute Gasteiger partial charge is 0.297 e. The van der Waals surface area contributed by atoms with Crippen molar-refractivity contribution in [2.75, 3.05) is 16.1 Å². The molecule has 2 atom stereocenters. The summed E-state index contributed by atoms with van der Waals surface area (Å²) in [5, 5.41) is 9.49. The van der Waals surface area contributed by atoms with Gasteiger partial charge in [0.05, 0.1) is 4.90 Å². The maximum absolute atomic E-state index is 14.7. The van der Waals surface area contributed by atoms with Crippen LogP contribution in [0.4, 0.5) is 20.4 Å². The van der Waals surface area contributed by atoms with E-state index in [1.165, 1.54) is 42.6 Å². The van der Waals surface area contributed by atoms with Crippen LogP contribution in [-0.4, -0.2) is 54.2 Å². The molecule has 14 heteroatoms. The van der Waals surface area contributed by atoms with Crippen LogP contribution in [0.15, 0.2) is 65.7 Å². The van der Waals surface area contributed by atoms with Crippen LogP contribution in [0.25, 0.3) is 0 Å². The zero-order valence-corrected chi connectivity index (χ0v) is 25.6. The van der Waals surface area contributed by atoms with E-state index >= 15 is 0 Å². The van der Waals surface area contributed by atoms with E-state index in [9.17, 15) is 36.8 Å². The van der Waals surface area contributed by atoms with Gasteiger partial charge in [0.15, 0.2) is 15.6 Å². The highest BCUT2D eigenvalue weighted by Crippen LogP contribution is 2.45. The molecule has 3 aromatic rings. The van der Waals surface area contributed by atoms with Gasteiger partial charge >= 0.3 is 0 Å².